The summed E-state index contributed by atoms with van der Waals surface area (Å²) in [6, 6.07) is 4.25. The third-order valence-corrected chi connectivity index (χ3v) is 3.07. The van der Waals surface area contributed by atoms with Crippen molar-refractivity contribution in [3.63, 3.8) is 0 Å². The number of hydrogen-bond acceptors (Lipinski definition) is 1. The minimum Gasteiger partial charge on any atom is -0.204 e. The van der Waals surface area contributed by atoms with Crippen LogP contribution in [0.3, 0.4) is 0 Å². The maximum Gasteiger partial charge on any atom is 0.162 e. The van der Waals surface area contributed by atoms with Gasteiger partial charge in [0.05, 0.1) is 0 Å². The van der Waals surface area contributed by atoms with Crippen LogP contribution in [0.5, 0.6) is 0 Å². The van der Waals surface area contributed by atoms with Crippen LogP contribution in [0.4, 0.5) is 8.78 Å². The summed E-state index contributed by atoms with van der Waals surface area (Å²) in [5.74, 6) is 0.477. The predicted octanol–water partition coefficient (Wildman–Crippen LogP) is 3.83. The van der Waals surface area contributed by atoms with Crippen LogP contribution in [0.25, 0.3) is 0 Å². The van der Waals surface area contributed by atoms with Gasteiger partial charge in [-0.15, -0.1) is 11.6 Å². The third-order valence-electron chi connectivity index (χ3n) is 1.71. The molecular formula is C10H11ClF2S. The number of alkyl halides is 1. The van der Waals surface area contributed by atoms with Gasteiger partial charge < -0.3 is 0 Å². The van der Waals surface area contributed by atoms with Crippen molar-refractivity contribution in [3.8, 4) is 0 Å². The number of hydrogen-bond donors (Lipinski definition) is 0. The first-order valence-electron chi connectivity index (χ1n) is 4.32. The molecule has 0 saturated carbocycles. The molecule has 0 N–H and O–H groups in total. The summed E-state index contributed by atoms with van der Waals surface area (Å²) in [7, 11) is 0. The summed E-state index contributed by atoms with van der Waals surface area (Å²) in [6.45, 7) is 0. The van der Waals surface area contributed by atoms with Crippen molar-refractivity contribution >= 4 is 23.4 Å². The molecule has 0 radical (unpaired) electrons. The number of thioether (sulfide) groups is 1. The Morgan fingerprint density at radius 3 is 2.79 bits per heavy atom. The molecule has 0 spiro atoms. The van der Waals surface area contributed by atoms with Gasteiger partial charge in [-0.1, -0.05) is 12.1 Å². The third kappa shape index (κ3) is 3.46. The molecule has 0 aliphatic rings. The van der Waals surface area contributed by atoms with Gasteiger partial charge in [0.2, 0.25) is 0 Å². The predicted molar refractivity (Wildman–Crippen MR) is 57.9 cm³/mol. The second-order valence-corrected chi connectivity index (χ2v) is 4.29. The van der Waals surface area contributed by atoms with Gasteiger partial charge in [0, 0.05) is 17.2 Å². The molecule has 0 nitrogen and oxygen atoms in total. The molecule has 0 aromatic heterocycles. The molecule has 0 fully saturated rings. The Labute approximate surface area is 91.6 Å². The molecular weight excluding hydrogens is 226 g/mol. The fourth-order valence-corrected chi connectivity index (χ4v) is 2.23. The molecule has 78 valence electrons. The fourth-order valence-electron chi connectivity index (χ4n) is 0.999. The van der Waals surface area contributed by atoms with Crippen molar-refractivity contribution in [3.05, 3.63) is 35.4 Å². The van der Waals surface area contributed by atoms with Gasteiger partial charge >= 0.3 is 0 Å². The minimum atomic E-state index is -0.777. The van der Waals surface area contributed by atoms with Crippen LogP contribution in [0.1, 0.15) is 12.0 Å². The Bertz CT molecular complexity index is 291. The maximum absolute atomic E-state index is 13.1. The van der Waals surface area contributed by atoms with E-state index in [1.807, 2.05) is 0 Å². The van der Waals surface area contributed by atoms with Gasteiger partial charge in [-0.2, -0.15) is 11.8 Å². The first-order chi connectivity index (χ1) is 6.75. The van der Waals surface area contributed by atoms with E-state index in [4.69, 9.17) is 11.6 Å². The summed E-state index contributed by atoms with van der Waals surface area (Å²) in [5.41, 5.74) is 0.421. The molecule has 0 aliphatic carbocycles. The number of halogens is 3. The summed E-state index contributed by atoms with van der Waals surface area (Å²) >= 11 is 7.06. The van der Waals surface area contributed by atoms with Crippen LogP contribution in [-0.4, -0.2) is 11.6 Å². The minimum absolute atomic E-state index is 0.421. The molecule has 1 aromatic rings. The quantitative estimate of drug-likeness (QED) is 0.553. The average molecular weight is 237 g/mol. The molecule has 0 bridgehead atoms. The van der Waals surface area contributed by atoms with Crippen molar-refractivity contribution in [1.29, 1.82) is 0 Å². The lowest BCUT2D eigenvalue weighted by Crippen LogP contribution is -1.92. The van der Waals surface area contributed by atoms with E-state index < -0.39 is 11.6 Å². The Morgan fingerprint density at radius 2 is 2.07 bits per heavy atom. The van der Waals surface area contributed by atoms with E-state index in [9.17, 15) is 8.78 Å². The van der Waals surface area contributed by atoms with Crippen LogP contribution in [0.15, 0.2) is 18.2 Å². The highest BCUT2D eigenvalue weighted by Crippen LogP contribution is 2.18. The van der Waals surface area contributed by atoms with Crippen molar-refractivity contribution < 1.29 is 8.78 Å². The monoisotopic (exact) mass is 236 g/mol. The Balaban J connectivity index is 2.46. The van der Waals surface area contributed by atoms with E-state index in [0.717, 1.165) is 18.2 Å². The van der Waals surface area contributed by atoms with Crippen molar-refractivity contribution in [1.82, 2.24) is 0 Å². The lowest BCUT2D eigenvalue weighted by Gasteiger charge is -2.02. The lowest BCUT2D eigenvalue weighted by molar-refractivity contribution is 0.502. The van der Waals surface area contributed by atoms with Gasteiger partial charge in [-0.05, 0) is 18.2 Å². The SMILES string of the molecule is Fc1cccc(CSCCCCl)c1F. The van der Waals surface area contributed by atoms with Gasteiger partial charge in [-0.25, -0.2) is 8.78 Å². The summed E-state index contributed by atoms with van der Waals surface area (Å²) in [5, 5.41) is 0. The normalized spacial score (nSPS) is 10.5. The first-order valence-corrected chi connectivity index (χ1v) is 6.01. The Kier molecular flexibility index (Phi) is 5.26. The molecule has 1 rings (SSSR count). The smallest absolute Gasteiger partial charge is 0.162 e. The van der Waals surface area contributed by atoms with Crippen LogP contribution >= 0.6 is 23.4 Å². The van der Waals surface area contributed by atoms with E-state index in [2.05, 4.69) is 0 Å². The summed E-state index contributed by atoms with van der Waals surface area (Å²) in [6.07, 6.45) is 0.892. The number of benzene rings is 1. The zero-order valence-corrected chi connectivity index (χ0v) is 9.18. The number of rotatable bonds is 5. The highest BCUT2D eigenvalue weighted by molar-refractivity contribution is 7.98. The van der Waals surface area contributed by atoms with Crippen LogP contribution in [-0.2, 0) is 5.75 Å². The molecule has 0 heterocycles. The highest BCUT2D eigenvalue weighted by Gasteiger charge is 2.06. The zero-order chi connectivity index (χ0) is 10.4. The van der Waals surface area contributed by atoms with Gasteiger partial charge in [-0.3, -0.25) is 0 Å². The van der Waals surface area contributed by atoms with Crippen molar-refractivity contribution in [2.45, 2.75) is 12.2 Å². The molecule has 0 aliphatic heterocycles. The topological polar surface area (TPSA) is 0 Å². The Morgan fingerprint density at radius 1 is 1.29 bits per heavy atom. The second-order valence-electron chi connectivity index (χ2n) is 2.81. The van der Waals surface area contributed by atoms with E-state index in [1.165, 1.54) is 6.07 Å². The van der Waals surface area contributed by atoms with Gasteiger partial charge in [0.15, 0.2) is 11.6 Å². The average Bonchev–Trinajstić information content (AvgIpc) is 2.19. The molecule has 4 heteroatoms. The van der Waals surface area contributed by atoms with Crippen molar-refractivity contribution in [2.24, 2.45) is 0 Å². The summed E-state index contributed by atoms with van der Waals surface area (Å²) < 4.78 is 25.8. The molecule has 0 amide bonds. The zero-order valence-electron chi connectivity index (χ0n) is 7.60. The lowest BCUT2D eigenvalue weighted by atomic mass is 10.2. The van der Waals surface area contributed by atoms with Gasteiger partial charge in [0.1, 0.15) is 0 Å². The molecule has 0 atom stereocenters. The largest absolute Gasteiger partial charge is 0.204 e. The molecule has 0 saturated heterocycles. The highest BCUT2D eigenvalue weighted by atomic mass is 35.5. The van der Waals surface area contributed by atoms with Gasteiger partial charge in [0.25, 0.3) is 0 Å². The molecule has 0 unspecified atom stereocenters. The fraction of sp³-hybridized carbons (Fsp3) is 0.400. The standard InChI is InChI=1S/C10H11ClF2S/c11-5-2-6-14-7-8-3-1-4-9(12)10(8)13/h1,3-4H,2,5-7H2. The molecule has 14 heavy (non-hydrogen) atoms. The maximum atomic E-state index is 13.1. The molecule has 1 aromatic carbocycles. The van der Waals surface area contributed by atoms with E-state index in [1.54, 1.807) is 17.8 Å². The van der Waals surface area contributed by atoms with E-state index >= 15 is 0 Å². The van der Waals surface area contributed by atoms with E-state index in [-0.39, 0.29) is 0 Å². The van der Waals surface area contributed by atoms with Crippen LogP contribution < -0.4 is 0 Å². The Hall–Kier alpha value is -0.280. The van der Waals surface area contributed by atoms with E-state index in [0.29, 0.717) is 17.2 Å². The van der Waals surface area contributed by atoms with Crippen molar-refractivity contribution in [2.75, 3.05) is 11.6 Å². The second kappa shape index (κ2) is 6.25. The first kappa shape index (κ1) is 11.8. The summed E-state index contributed by atoms with van der Waals surface area (Å²) in [4.78, 5) is 0. The van der Waals surface area contributed by atoms with Crippen LogP contribution in [0.2, 0.25) is 0 Å². The van der Waals surface area contributed by atoms with Crippen LogP contribution in [0, 0.1) is 11.6 Å².